The number of rotatable bonds is 8. The van der Waals surface area contributed by atoms with E-state index in [1.54, 1.807) is 6.92 Å². The Balaban J connectivity index is 2.06. The summed E-state index contributed by atoms with van der Waals surface area (Å²) in [6, 6.07) is 0. The zero-order valence-electron chi connectivity index (χ0n) is 11.1. The van der Waals surface area contributed by atoms with Crippen LogP contribution in [0.3, 0.4) is 0 Å². The van der Waals surface area contributed by atoms with Crippen molar-refractivity contribution in [2.45, 2.75) is 31.0 Å². The average molecular weight is 302 g/mol. The minimum atomic E-state index is -0.218. The zero-order valence-corrected chi connectivity index (χ0v) is 12.7. The lowest BCUT2D eigenvalue weighted by Crippen LogP contribution is -2.26. The van der Waals surface area contributed by atoms with Gasteiger partial charge in [0, 0.05) is 24.0 Å². The fourth-order valence-electron chi connectivity index (χ4n) is 1.27. The number of thioether (sulfide) groups is 1. The average Bonchev–Trinajstić information content (AvgIpc) is 2.78. The normalized spacial score (nSPS) is 10.2. The molecule has 19 heavy (non-hydrogen) atoms. The van der Waals surface area contributed by atoms with Crippen LogP contribution >= 0.6 is 23.1 Å². The summed E-state index contributed by atoms with van der Waals surface area (Å²) in [6.07, 6.45) is 0.943. The maximum atomic E-state index is 11.5. The third-order valence-corrected chi connectivity index (χ3v) is 4.25. The third-order valence-electron chi connectivity index (χ3n) is 2.11. The van der Waals surface area contributed by atoms with Crippen molar-refractivity contribution in [2.75, 3.05) is 18.9 Å². The van der Waals surface area contributed by atoms with Gasteiger partial charge < -0.3 is 10.1 Å². The number of hydrogen-bond acceptors (Lipinski definition) is 6. The molecule has 0 unspecified atom stereocenters. The molecule has 106 valence electrons. The van der Waals surface area contributed by atoms with Crippen LogP contribution in [0.15, 0.2) is 9.72 Å². The summed E-state index contributed by atoms with van der Waals surface area (Å²) in [5.41, 5.74) is 0.974. The van der Waals surface area contributed by atoms with E-state index in [1.807, 2.05) is 12.3 Å². The monoisotopic (exact) mass is 302 g/mol. The first-order valence-corrected chi connectivity index (χ1v) is 7.95. The van der Waals surface area contributed by atoms with Crippen molar-refractivity contribution in [3.8, 4) is 0 Å². The number of esters is 1. The third kappa shape index (κ3) is 7.17. The lowest BCUT2D eigenvalue weighted by atomic mass is 10.3. The number of nitrogens with zero attached hydrogens (tertiary/aromatic N) is 1. The maximum absolute atomic E-state index is 11.5. The molecule has 7 heteroatoms. The van der Waals surface area contributed by atoms with E-state index in [2.05, 4.69) is 10.3 Å². The van der Waals surface area contributed by atoms with Crippen molar-refractivity contribution in [3.63, 3.8) is 0 Å². The molecule has 0 aliphatic rings. The Morgan fingerprint density at radius 1 is 1.53 bits per heavy atom. The van der Waals surface area contributed by atoms with Crippen LogP contribution < -0.4 is 5.32 Å². The summed E-state index contributed by atoms with van der Waals surface area (Å²) in [5, 5.41) is 4.72. The van der Waals surface area contributed by atoms with Gasteiger partial charge in [-0.05, 0) is 20.3 Å². The van der Waals surface area contributed by atoms with Gasteiger partial charge in [-0.15, -0.1) is 11.3 Å². The van der Waals surface area contributed by atoms with E-state index >= 15 is 0 Å². The number of aromatic nitrogens is 1. The van der Waals surface area contributed by atoms with Gasteiger partial charge in [0.05, 0.1) is 12.4 Å². The van der Waals surface area contributed by atoms with E-state index in [9.17, 15) is 9.59 Å². The van der Waals surface area contributed by atoms with Crippen LogP contribution in [0.2, 0.25) is 0 Å². The molecular weight excluding hydrogens is 284 g/mol. The molecule has 0 fully saturated rings. The van der Waals surface area contributed by atoms with Gasteiger partial charge in [0.1, 0.15) is 0 Å². The van der Waals surface area contributed by atoms with Crippen molar-refractivity contribution in [1.29, 1.82) is 0 Å². The standard InChI is InChI=1S/C12H18N2O3S2/c1-3-17-11(16)5-4-6-13-10(15)8-19-12-14-9(2)7-18-12/h7H,3-6,8H2,1-2H3,(H,13,15). The van der Waals surface area contributed by atoms with Gasteiger partial charge >= 0.3 is 5.97 Å². The Bertz CT molecular complexity index is 421. The predicted octanol–water partition coefficient (Wildman–Crippen LogP) is 2.00. The number of carbonyl (C=O) groups is 2. The molecule has 1 amide bonds. The molecule has 0 saturated heterocycles. The van der Waals surface area contributed by atoms with Gasteiger partial charge in [-0.2, -0.15) is 0 Å². The maximum Gasteiger partial charge on any atom is 0.305 e. The zero-order chi connectivity index (χ0) is 14.1. The molecule has 0 aromatic carbocycles. The van der Waals surface area contributed by atoms with E-state index in [4.69, 9.17) is 4.74 Å². The van der Waals surface area contributed by atoms with Crippen LogP contribution in [-0.4, -0.2) is 35.8 Å². The van der Waals surface area contributed by atoms with E-state index < -0.39 is 0 Å². The second kappa shape index (κ2) is 8.92. The molecule has 1 rings (SSSR count). The Kier molecular flexibility index (Phi) is 7.50. The first-order chi connectivity index (χ1) is 9.11. The summed E-state index contributed by atoms with van der Waals surface area (Å²) in [6.45, 7) is 4.59. The SMILES string of the molecule is CCOC(=O)CCCNC(=O)CSc1nc(C)cs1. The molecule has 0 aliphatic heterocycles. The van der Waals surface area contributed by atoms with Gasteiger partial charge in [0.2, 0.25) is 5.91 Å². The second-order valence-corrected chi connectivity index (χ2v) is 5.88. The smallest absolute Gasteiger partial charge is 0.305 e. The van der Waals surface area contributed by atoms with Crippen molar-refractivity contribution < 1.29 is 14.3 Å². The first-order valence-electron chi connectivity index (χ1n) is 6.09. The van der Waals surface area contributed by atoms with Gasteiger partial charge in [0.15, 0.2) is 4.34 Å². The van der Waals surface area contributed by atoms with Crippen LogP contribution in [0.25, 0.3) is 0 Å². The Morgan fingerprint density at radius 3 is 2.95 bits per heavy atom. The topological polar surface area (TPSA) is 68.3 Å². The number of nitrogens with one attached hydrogen (secondary N) is 1. The molecule has 1 N–H and O–H groups in total. The summed E-state index contributed by atoms with van der Waals surface area (Å²) < 4.78 is 5.70. The van der Waals surface area contributed by atoms with Crippen molar-refractivity contribution in [1.82, 2.24) is 10.3 Å². The number of ether oxygens (including phenoxy) is 1. The molecule has 1 aromatic rings. The lowest BCUT2D eigenvalue weighted by molar-refractivity contribution is -0.143. The van der Waals surface area contributed by atoms with Crippen molar-refractivity contribution >= 4 is 35.0 Å². The van der Waals surface area contributed by atoms with E-state index in [1.165, 1.54) is 23.1 Å². The molecule has 0 spiro atoms. The summed E-state index contributed by atoms with van der Waals surface area (Å²) in [5.74, 6) is 0.0953. The van der Waals surface area contributed by atoms with E-state index in [0.717, 1.165) is 10.0 Å². The van der Waals surface area contributed by atoms with Crippen molar-refractivity contribution in [3.05, 3.63) is 11.1 Å². The molecule has 0 radical (unpaired) electrons. The van der Waals surface area contributed by atoms with Crippen molar-refractivity contribution in [2.24, 2.45) is 0 Å². The highest BCUT2D eigenvalue weighted by molar-refractivity contribution is 8.01. The highest BCUT2D eigenvalue weighted by atomic mass is 32.2. The van der Waals surface area contributed by atoms with Crippen LogP contribution in [0.5, 0.6) is 0 Å². The fraction of sp³-hybridized carbons (Fsp3) is 0.583. The van der Waals surface area contributed by atoms with Gasteiger partial charge in [0.25, 0.3) is 0 Å². The van der Waals surface area contributed by atoms with Crippen LogP contribution in [0.1, 0.15) is 25.5 Å². The lowest BCUT2D eigenvalue weighted by Gasteiger charge is -2.04. The fourth-order valence-corrected chi connectivity index (χ4v) is 2.95. The molecule has 0 atom stereocenters. The number of aryl methyl sites for hydroxylation is 1. The summed E-state index contributed by atoms with van der Waals surface area (Å²) in [4.78, 5) is 26.8. The number of amides is 1. The molecule has 0 aliphatic carbocycles. The van der Waals surface area contributed by atoms with Crippen LogP contribution in [0, 0.1) is 6.92 Å². The highest BCUT2D eigenvalue weighted by Gasteiger charge is 2.06. The molecular formula is C12H18N2O3S2. The van der Waals surface area contributed by atoms with Gasteiger partial charge in [-0.1, -0.05) is 11.8 Å². The van der Waals surface area contributed by atoms with Gasteiger partial charge in [-0.25, -0.2) is 4.98 Å². The quantitative estimate of drug-likeness (QED) is 0.452. The summed E-state index contributed by atoms with van der Waals surface area (Å²) >= 11 is 2.97. The molecule has 0 saturated carbocycles. The molecule has 1 heterocycles. The Hall–Kier alpha value is -1.08. The van der Waals surface area contributed by atoms with Gasteiger partial charge in [-0.3, -0.25) is 9.59 Å². The van der Waals surface area contributed by atoms with E-state index in [0.29, 0.717) is 31.7 Å². The van der Waals surface area contributed by atoms with E-state index in [-0.39, 0.29) is 11.9 Å². The molecule has 1 aromatic heterocycles. The first kappa shape index (κ1) is 16.0. The highest BCUT2D eigenvalue weighted by Crippen LogP contribution is 2.21. The minimum Gasteiger partial charge on any atom is -0.466 e. The molecule has 5 nitrogen and oxygen atoms in total. The predicted molar refractivity (Wildman–Crippen MR) is 76.5 cm³/mol. The summed E-state index contributed by atoms with van der Waals surface area (Å²) in [7, 11) is 0. The minimum absolute atomic E-state index is 0.0401. The number of carbonyl (C=O) groups excluding carboxylic acids is 2. The van der Waals surface area contributed by atoms with Crippen LogP contribution in [-0.2, 0) is 14.3 Å². The second-order valence-electron chi connectivity index (χ2n) is 3.80. The molecule has 0 bridgehead atoms. The largest absolute Gasteiger partial charge is 0.466 e. The number of hydrogen-bond donors (Lipinski definition) is 1. The van der Waals surface area contributed by atoms with Crippen LogP contribution in [0.4, 0.5) is 0 Å². The number of thiazole rings is 1. The Morgan fingerprint density at radius 2 is 2.32 bits per heavy atom. The Labute approximate surface area is 121 Å².